The number of fused-ring (bicyclic) bond motifs is 1. The van der Waals surface area contributed by atoms with Gasteiger partial charge in [0.25, 0.3) is 5.91 Å². The summed E-state index contributed by atoms with van der Waals surface area (Å²) >= 11 is 0. The summed E-state index contributed by atoms with van der Waals surface area (Å²) in [5.74, 6) is -0.694. The summed E-state index contributed by atoms with van der Waals surface area (Å²) in [4.78, 5) is 31.6. The molecule has 1 atom stereocenters. The lowest BCUT2D eigenvalue weighted by Gasteiger charge is -2.27. The van der Waals surface area contributed by atoms with Crippen molar-refractivity contribution in [2.24, 2.45) is 0 Å². The molecule has 2 aromatic heterocycles. The Morgan fingerprint density at radius 1 is 1.18 bits per heavy atom. The van der Waals surface area contributed by atoms with Crippen LogP contribution >= 0.6 is 0 Å². The molecule has 172 valence electrons. The predicted octanol–water partition coefficient (Wildman–Crippen LogP) is 0.514. The molecule has 10 nitrogen and oxygen atoms in total. The highest BCUT2D eigenvalue weighted by Gasteiger charge is 2.25. The van der Waals surface area contributed by atoms with Gasteiger partial charge in [0.1, 0.15) is 11.8 Å². The summed E-state index contributed by atoms with van der Waals surface area (Å²) in [6.07, 6.45) is 1.97. The van der Waals surface area contributed by atoms with Crippen LogP contribution in [0.1, 0.15) is 21.6 Å². The van der Waals surface area contributed by atoms with Gasteiger partial charge >= 0.3 is 7.32 Å². The van der Waals surface area contributed by atoms with Crippen molar-refractivity contribution in [2.75, 3.05) is 26.3 Å². The number of hydrogen-bond donors (Lipinski definition) is 3. The number of nitrogens with one attached hydrogen (secondary N) is 1. The maximum Gasteiger partial charge on any atom is 0.635 e. The maximum absolute atomic E-state index is 12.9. The molecule has 0 radical (unpaired) electrons. The highest BCUT2D eigenvalue weighted by atomic mass is 16.6. The zero-order valence-electron chi connectivity index (χ0n) is 17.8. The lowest BCUT2D eigenvalue weighted by Crippen LogP contribution is -2.43. The first kappa shape index (κ1) is 22.9. The number of nitrogens with zero attached hydrogens (tertiary/aromatic N) is 2. The maximum atomic E-state index is 12.9. The molecule has 3 heterocycles. The Hall–Kier alpha value is -3.25. The molecule has 33 heavy (non-hydrogen) atoms. The van der Waals surface area contributed by atoms with Crippen molar-refractivity contribution in [2.45, 2.75) is 19.1 Å². The average Bonchev–Trinajstić information content (AvgIpc) is 3.22. The Kier molecular flexibility index (Phi) is 7.35. The number of morpholine rings is 1. The van der Waals surface area contributed by atoms with Crippen molar-refractivity contribution >= 4 is 30.1 Å². The SMILES string of the molecule is O=C(Cc1ncccc1C(=O)N1CCOCC1)N[C@@H](Cc1coc2ccccc12)OB(O)O. The minimum Gasteiger partial charge on any atom is -0.464 e. The van der Waals surface area contributed by atoms with Crippen LogP contribution in [0.2, 0.25) is 0 Å². The van der Waals surface area contributed by atoms with Crippen LogP contribution in [0.3, 0.4) is 0 Å². The number of para-hydroxylation sites is 1. The number of benzene rings is 1. The monoisotopic (exact) mass is 453 g/mol. The van der Waals surface area contributed by atoms with Crippen LogP contribution < -0.4 is 5.32 Å². The van der Waals surface area contributed by atoms with E-state index in [1.807, 2.05) is 24.3 Å². The molecule has 0 spiro atoms. The van der Waals surface area contributed by atoms with E-state index < -0.39 is 19.5 Å². The normalized spacial score (nSPS) is 14.8. The molecule has 4 rings (SSSR count). The number of furan rings is 1. The van der Waals surface area contributed by atoms with Gasteiger partial charge in [-0.2, -0.15) is 0 Å². The van der Waals surface area contributed by atoms with Crippen LogP contribution in [0, 0.1) is 0 Å². The molecule has 1 saturated heterocycles. The number of pyridine rings is 1. The Morgan fingerprint density at radius 2 is 1.97 bits per heavy atom. The van der Waals surface area contributed by atoms with Crippen LogP contribution in [0.25, 0.3) is 11.0 Å². The summed E-state index contributed by atoms with van der Waals surface area (Å²) in [6, 6.07) is 10.6. The Morgan fingerprint density at radius 3 is 2.76 bits per heavy atom. The summed E-state index contributed by atoms with van der Waals surface area (Å²) in [7, 11) is -2.08. The van der Waals surface area contributed by atoms with E-state index in [1.54, 1.807) is 17.0 Å². The van der Waals surface area contributed by atoms with Gasteiger partial charge < -0.3 is 34.1 Å². The molecule has 0 bridgehead atoms. The molecule has 1 aliphatic heterocycles. The molecule has 2 amide bonds. The number of carbonyl (C=O) groups is 2. The van der Waals surface area contributed by atoms with Crippen molar-refractivity contribution in [3.8, 4) is 0 Å². The van der Waals surface area contributed by atoms with Gasteiger partial charge in [-0.05, 0) is 18.2 Å². The zero-order valence-corrected chi connectivity index (χ0v) is 17.8. The summed E-state index contributed by atoms with van der Waals surface area (Å²) in [5.41, 5.74) is 2.07. The Balaban J connectivity index is 1.46. The van der Waals surface area contributed by atoms with Crippen molar-refractivity contribution < 1.29 is 33.4 Å². The molecule has 0 unspecified atom stereocenters. The van der Waals surface area contributed by atoms with Crippen LogP contribution in [-0.4, -0.2) is 71.6 Å². The quantitative estimate of drug-likeness (QED) is 0.332. The van der Waals surface area contributed by atoms with Gasteiger partial charge in [0.2, 0.25) is 5.91 Å². The van der Waals surface area contributed by atoms with Crippen LogP contribution in [0.4, 0.5) is 0 Å². The Labute approximate surface area is 190 Å². The van der Waals surface area contributed by atoms with E-state index in [2.05, 4.69) is 10.3 Å². The minimum atomic E-state index is -2.08. The second kappa shape index (κ2) is 10.6. The first-order valence-corrected chi connectivity index (χ1v) is 10.6. The highest BCUT2D eigenvalue weighted by Crippen LogP contribution is 2.22. The molecule has 0 aliphatic carbocycles. The molecular formula is C22H24BN3O7. The smallest absolute Gasteiger partial charge is 0.464 e. The standard InChI is InChI=1S/C22H24BN3O7/c27-20(13-18-17(5-3-7-24-18)22(28)26-8-10-31-11-9-26)25-21(33-23(29)30)12-15-14-32-19-6-2-1-4-16(15)19/h1-7,14,21,29-30H,8-13H2,(H,25,27)/t21-/m1/s1. The number of aromatic nitrogens is 1. The zero-order chi connectivity index (χ0) is 23.2. The van der Waals surface area contributed by atoms with Gasteiger partial charge in [-0.3, -0.25) is 14.6 Å². The van der Waals surface area contributed by atoms with Gasteiger partial charge in [0, 0.05) is 36.7 Å². The second-order valence-electron chi connectivity index (χ2n) is 7.56. The average molecular weight is 453 g/mol. The third-order valence-corrected chi connectivity index (χ3v) is 5.32. The van der Waals surface area contributed by atoms with Gasteiger partial charge in [-0.1, -0.05) is 18.2 Å². The fourth-order valence-electron chi connectivity index (χ4n) is 3.76. The summed E-state index contributed by atoms with van der Waals surface area (Å²) in [5, 5.41) is 22.1. The molecular weight excluding hydrogens is 429 g/mol. The van der Waals surface area contributed by atoms with Crippen molar-refractivity contribution in [3.63, 3.8) is 0 Å². The van der Waals surface area contributed by atoms with Crippen molar-refractivity contribution in [3.05, 3.63) is 65.7 Å². The lowest BCUT2D eigenvalue weighted by atomic mass is 10.1. The van der Waals surface area contributed by atoms with E-state index in [0.29, 0.717) is 43.1 Å². The van der Waals surface area contributed by atoms with E-state index in [4.69, 9.17) is 13.8 Å². The summed E-state index contributed by atoms with van der Waals surface area (Å²) in [6.45, 7) is 1.88. The van der Waals surface area contributed by atoms with Crippen molar-refractivity contribution in [1.82, 2.24) is 15.2 Å². The first-order chi connectivity index (χ1) is 16.0. The molecule has 3 N–H and O–H groups in total. The minimum absolute atomic E-state index is 0.141. The largest absolute Gasteiger partial charge is 0.635 e. The van der Waals surface area contributed by atoms with E-state index in [9.17, 15) is 19.6 Å². The van der Waals surface area contributed by atoms with E-state index >= 15 is 0 Å². The lowest BCUT2D eigenvalue weighted by molar-refractivity contribution is -0.123. The number of amides is 2. The molecule has 1 fully saturated rings. The van der Waals surface area contributed by atoms with Crippen LogP contribution in [0.15, 0.2) is 53.3 Å². The van der Waals surface area contributed by atoms with E-state index in [1.165, 1.54) is 12.5 Å². The van der Waals surface area contributed by atoms with Crippen LogP contribution in [-0.2, 0) is 27.0 Å². The third-order valence-electron chi connectivity index (χ3n) is 5.32. The number of carbonyl (C=O) groups excluding carboxylic acids is 2. The van der Waals surface area contributed by atoms with Gasteiger partial charge in [-0.25, -0.2) is 0 Å². The molecule has 3 aromatic rings. The van der Waals surface area contributed by atoms with Crippen LogP contribution in [0.5, 0.6) is 0 Å². The fourth-order valence-corrected chi connectivity index (χ4v) is 3.76. The first-order valence-electron chi connectivity index (χ1n) is 10.6. The highest BCUT2D eigenvalue weighted by molar-refractivity contribution is 6.32. The number of rotatable bonds is 8. The number of hydrogen-bond acceptors (Lipinski definition) is 8. The molecule has 11 heteroatoms. The molecule has 1 aromatic carbocycles. The topological polar surface area (TPSA) is 134 Å². The second-order valence-corrected chi connectivity index (χ2v) is 7.56. The molecule has 0 saturated carbocycles. The predicted molar refractivity (Wildman–Crippen MR) is 118 cm³/mol. The van der Waals surface area contributed by atoms with E-state index in [-0.39, 0.29) is 18.7 Å². The Bertz CT molecular complexity index is 1110. The van der Waals surface area contributed by atoms with E-state index in [0.717, 1.165) is 10.9 Å². The third kappa shape index (κ3) is 5.76. The van der Waals surface area contributed by atoms with Crippen molar-refractivity contribution in [1.29, 1.82) is 0 Å². The van der Waals surface area contributed by atoms with Gasteiger partial charge in [-0.15, -0.1) is 0 Å². The number of ether oxygens (including phenoxy) is 1. The molecule has 1 aliphatic rings. The van der Waals surface area contributed by atoms with Gasteiger partial charge in [0.05, 0.1) is 37.2 Å². The fraction of sp³-hybridized carbons (Fsp3) is 0.318. The summed E-state index contributed by atoms with van der Waals surface area (Å²) < 4.78 is 15.9. The van der Waals surface area contributed by atoms with Gasteiger partial charge in [0.15, 0.2) is 0 Å².